The summed E-state index contributed by atoms with van der Waals surface area (Å²) in [6.45, 7) is 8.56. The van der Waals surface area contributed by atoms with Crippen LogP contribution in [0, 0.1) is 17.3 Å². The predicted molar refractivity (Wildman–Crippen MR) is 92.8 cm³/mol. The van der Waals surface area contributed by atoms with Gasteiger partial charge in [0.15, 0.2) is 0 Å². The third-order valence-electron chi connectivity index (χ3n) is 5.92. The first kappa shape index (κ1) is 16.5. The lowest BCUT2D eigenvalue weighted by Crippen LogP contribution is -2.36. The third kappa shape index (κ3) is 3.67. The first-order valence-corrected chi connectivity index (χ1v) is 9.34. The second kappa shape index (κ2) is 7.52. The molecule has 3 saturated heterocycles. The van der Waals surface area contributed by atoms with Crippen molar-refractivity contribution in [2.75, 3.05) is 52.7 Å². The van der Waals surface area contributed by atoms with Crippen LogP contribution in [0.3, 0.4) is 0 Å². The van der Waals surface area contributed by atoms with E-state index in [1.807, 2.05) is 0 Å². The largest absolute Gasteiger partial charge is 0.381 e. The molecule has 3 aliphatic heterocycles. The van der Waals surface area contributed by atoms with Gasteiger partial charge in [0, 0.05) is 50.8 Å². The maximum absolute atomic E-state index is 6.20. The first-order valence-electron chi connectivity index (χ1n) is 9.34. The van der Waals surface area contributed by atoms with Crippen molar-refractivity contribution in [3.05, 3.63) is 35.9 Å². The van der Waals surface area contributed by atoms with E-state index in [1.54, 1.807) is 0 Å². The molecule has 3 aliphatic rings. The molecular formula is C20H29NO3. The number of benzene rings is 1. The topological polar surface area (TPSA) is 30.9 Å². The second-order valence-corrected chi connectivity index (χ2v) is 7.80. The summed E-state index contributed by atoms with van der Waals surface area (Å²) in [7, 11) is 0. The van der Waals surface area contributed by atoms with Gasteiger partial charge in [-0.3, -0.25) is 4.90 Å². The quantitative estimate of drug-likeness (QED) is 0.802. The highest BCUT2D eigenvalue weighted by molar-refractivity contribution is 5.15. The number of nitrogens with zero attached hydrogens (tertiary/aromatic N) is 1. The van der Waals surface area contributed by atoms with Crippen LogP contribution in [-0.2, 0) is 20.8 Å². The lowest BCUT2D eigenvalue weighted by atomic mass is 9.82. The van der Waals surface area contributed by atoms with Crippen LogP contribution in [0.4, 0.5) is 0 Å². The van der Waals surface area contributed by atoms with Crippen LogP contribution in [0.25, 0.3) is 0 Å². The van der Waals surface area contributed by atoms with E-state index in [-0.39, 0.29) is 5.41 Å². The molecule has 3 fully saturated rings. The van der Waals surface area contributed by atoms with Gasteiger partial charge < -0.3 is 14.2 Å². The van der Waals surface area contributed by atoms with Crippen LogP contribution in [0.15, 0.2) is 30.3 Å². The van der Waals surface area contributed by atoms with E-state index in [2.05, 4.69) is 35.2 Å². The molecule has 4 rings (SSSR count). The zero-order valence-corrected chi connectivity index (χ0v) is 14.5. The van der Waals surface area contributed by atoms with E-state index in [0.29, 0.717) is 11.8 Å². The van der Waals surface area contributed by atoms with Gasteiger partial charge in [-0.1, -0.05) is 30.3 Å². The Balaban J connectivity index is 1.31. The van der Waals surface area contributed by atoms with Crippen molar-refractivity contribution in [1.29, 1.82) is 0 Å². The van der Waals surface area contributed by atoms with Crippen LogP contribution in [0.1, 0.15) is 18.4 Å². The van der Waals surface area contributed by atoms with Crippen molar-refractivity contribution in [2.24, 2.45) is 17.3 Å². The zero-order valence-electron chi connectivity index (χ0n) is 14.5. The molecule has 2 atom stereocenters. The van der Waals surface area contributed by atoms with Crippen LogP contribution in [0.5, 0.6) is 0 Å². The Morgan fingerprint density at radius 1 is 1.12 bits per heavy atom. The van der Waals surface area contributed by atoms with Crippen molar-refractivity contribution >= 4 is 0 Å². The molecule has 3 heterocycles. The molecule has 1 aromatic rings. The lowest BCUT2D eigenvalue weighted by molar-refractivity contribution is -0.0157. The summed E-state index contributed by atoms with van der Waals surface area (Å²) in [5.74, 6) is 1.30. The average Bonchev–Trinajstić information content (AvgIpc) is 3.13. The van der Waals surface area contributed by atoms with E-state index in [9.17, 15) is 0 Å². The summed E-state index contributed by atoms with van der Waals surface area (Å²) in [6.07, 6.45) is 2.29. The minimum absolute atomic E-state index is 0.208. The molecule has 0 aliphatic carbocycles. The van der Waals surface area contributed by atoms with Gasteiger partial charge in [0.2, 0.25) is 0 Å². The molecule has 4 heteroatoms. The average molecular weight is 331 g/mol. The summed E-state index contributed by atoms with van der Waals surface area (Å²) < 4.78 is 17.5. The fourth-order valence-electron chi connectivity index (χ4n) is 4.45. The molecule has 24 heavy (non-hydrogen) atoms. The normalized spacial score (nSPS) is 31.4. The molecule has 0 radical (unpaired) electrons. The molecule has 0 amide bonds. The SMILES string of the molecule is c1ccc(CN2C[C@@H]3COC[C@]3(COCC3CCOCC3)C2)cc1. The summed E-state index contributed by atoms with van der Waals surface area (Å²) in [5.41, 5.74) is 1.61. The van der Waals surface area contributed by atoms with Crippen molar-refractivity contribution < 1.29 is 14.2 Å². The molecule has 0 bridgehead atoms. The van der Waals surface area contributed by atoms with Crippen molar-refractivity contribution in [1.82, 2.24) is 4.90 Å². The second-order valence-electron chi connectivity index (χ2n) is 7.80. The van der Waals surface area contributed by atoms with E-state index >= 15 is 0 Å². The molecule has 0 saturated carbocycles. The Kier molecular flexibility index (Phi) is 5.18. The molecule has 1 aromatic carbocycles. The first-order chi connectivity index (χ1) is 11.8. The van der Waals surface area contributed by atoms with Gasteiger partial charge >= 0.3 is 0 Å². The summed E-state index contributed by atoms with van der Waals surface area (Å²) in [5, 5.41) is 0. The number of hydrogen-bond acceptors (Lipinski definition) is 4. The van der Waals surface area contributed by atoms with Crippen LogP contribution in [0.2, 0.25) is 0 Å². The van der Waals surface area contributed by atoms with Gasteiger partial charge in [0.1, 0.15) is 0 Å². The highest BCUT2D eigenvalue weighted by Gasteiger charge is 2.50. The lowest BCUT2D eigenvalue weighted by Gasteiger charge is -2.29. The number of ether oxygens (including phenoxy) is 3. The van der Waals surface area contributed by atoms with E-state index in [4.69, 9.17) is 14.2 Å². The Labute approximate surface area is 145 Å². The maximum Gasteiger partial charge on any atom is 0.0561 e. The molecule has 0 aromatic heterocycles. The highest BCUT2D eigenvalue weighted by Crippen LogP contribution is 2.42. The molecule has 4 nitrogen and oxygen atoms in total. The minimum Gasteiger partial charge on any atom is -0.381 e. The molecule has 0 N–H and O–H groups in total. The third-order valence-corrected chi connectivity index (χ3v) is 5.92. The summed E-state index contributed by atoms with van der Waals surface area (Å²) >= 11 is 0. The minimum atomic E-state index is 0.208. The number of rotatable bonds is 6. The molecule has 0 spiro atoms. The van der Waals surface area contributed by atoms with E-state index in [0.717, 1.165) is 72.1 Å². The maximum atomic E-state index is 6.20. The summed E-state index contributed by atoms with van der Waals surface area (Å²) in [4.78, 5) is 2.58. The summed E-state index contributed by atoms with van der Waals surface area (Å²) in [6, 6.07) is 10.8. The smallest absolute Gasteiger partial charge is 0.0561 e. The molecule has 0 unspecified atom stereocenters. The van der Waals surface area contributed by atoms with Gasteiger partial charge in [-0.15, -0.1) is 0 Å². The molecular weight excluding hydrogens is 302 g/mol. The number of likely N-dealkylation sites (tertiary alicyclic amines) is 1. The van der Waals surface area contributed by atoms with Crippen molar-refractivity contribution in [3.8, 4) is 0 Å². The van der Waals surface area contributed by atoms with Gasteiger partial charge in [0.25, 0.3) is 0 Å². The predicted octanol–water partition coefficient (Wildman–Crippen LogP) is 2.58. The molecule has 132 valence electrons. The van der Waals surface area contributed by atoms with Gasteiger partial charge in [-0.2, -0.15) is 0 Å². The highest BCUT2D eigenvalue weighted by atomic mass is 16.5. The number of hydrogen-bond donors (Lipinski definition) is 0. The van der Waals surface area contributed by atoms with Crippen molar-refractivity contribution in [2.45, 2.75) is 19.4 Å². The standard InChI is InChI=1S/C20H29NO3/c1-2-4-17(5-3-1)10-21-11-19-13-24-16-20(19,14-21)15-23-12-18-6-8-22-9-7-18/h1-5,18-19H,6-16H2/t19-,20-/m1/s1. The van der Waals surface area contributed by atoms with E-state index in [1.165, 1.54) is 5.56 Å². The van der Waals surface area contributed by atoms with Crippen LogP contribution < -0.4 is 0 Å². The fourth-order valence-corrected chi connectivity index (χ4v) is 4.45. The van der Waals surface area contributed by atoms with Crippen molar-refractivity contribution in [3.63, 3.8) is 0 Å². The van der Waals surface area contributed by atoms with Gasteiger partial charge in [0.05, 0.1) is 19.8 Å². The van der Waals surface area contributed by atoms with Crippen LogP contribution >= 0.6 is 0 Å². The number of fused-ring (bicyclic) bond motifs is 1. The Bertz CT molecular complexity index is 517. The van der Waals surface area contributed by atoms with Gasteiger partial charge in [-0.05, 0) is 24.3 Å². The Hall–Kier alpha value is -0.940. The monoisotopic (exact) mass is 331 g/mol. The van der Waals surface area contributed by atoms with Crippen LogP contribution in [-0.4, -0.2) is 57.6 Å². The van der Waals surface area contributed by atoms with Gasteiger partial charge in [-0.25, -0.2) is 0 Å². The Morgan fingerprint density at radius 2 is 1.96 bits per heavy atom. The fraction of sp³-hybridized carbons (Fsp3) is 0.700. The Morgan fingerprint density at radius 3 is 2.79 bits per heavy atom. The zero-order chi connectivity index (χ0) is 16.2. The van der Waals surface area contributed by atoms with E-state index < -0.39 is 0 Å².